The number of rotatable bonds is 5. The van der Waals surface area contributed by atoms with E-state index >= 15 is 0 Å². The molecule has 2 saturated heterocycles. The molecule has 2 nitrogen and oxygen atoms in total. The fourth-order valence-corrected chi connectivity index (χ4v) is 3.79. The summed E-state index contributed by atoms with van der Waals surface area (Å²) < 4.78 is 0. The highest BCUT2D eigenvalue weighted by atomic mass is 15.1. The molecule has 2 unspecified atom stereocenters. The molecule has 0 spiro atoms. The minimum absolute atomic E-state index is 0.877. The van der Waals surface area contributed by atoms with Crippen molar-refractivity contribution in [2.75, 3.05) is 32.7 Å². The van der Waals surface area contributed by atoms with Crippen LogP contribution in [0.15, 0.2) is 11.8 Å². The van der Waals surface area contributed by atoms with Crippen molar-refractivity contribution >= 4 is 0 Å². The zero-order valence-corrected chi connectivity index (χ0v) is 13.9. The molecule has 0 N–H and O–H groups in total. The van der Waals surface area contributed by atoms with Gasteiger partial charge in [0.05, 0.1) is 0 Å². The van der Waals surface area contributed by atoms with E-state index in [1.54, 1.807) is 5.57 Å². The van der Waals surface area contributed by atoms with Crippen molar-refractivity contribution in [3.63, 3.8) is 0 Å². The SMILES string of the molecule is CC(=CN1CCCC(C)C1)CCCN1CCCC(C)C1. The number of likely N-dealkylation sites (tertiary alicyclic amines) is 2. The van der Waals surface area contributed by atoms with Gasteiger partial charge in [-0.15, -0.1) is 0 Å². The first-order valence-electron chi connectivity index (χ1n) is 8.77. The third-order valence-electron chi connectivity index (χ3n) is 4.88. The normalized spacial score (nSPS) is 29.8. The highest BCUT2D eigenvalue weighted by Gasteiger charge is 2.16. The van der Waals surface area contributed by atoms with E-state index in [2.05, 4.69) is 36.8 Å². The number of allylic oxidation sites excluding steroid dienone is 1. The Morgan fingerprint density at radius 3 is 2.45 bits per heavy atom. The molecule has 116 valence electrons. The van der Waals surface area contributed by atoms with Gasteiger partial charge in [-0.25, -0.2) is 0 Å². The highest BCUT2D eigenvalue weighted by Crippen LogP contribution is 2.19. The van der Waals surface area contributed by atoms with E-state index in [4.69, 9.17) is 0 Å². The number of piperidine rings is 2. The molecule has 20 heavy (non-hydrogen) atoms. The van der Waals surface area contributed by atoms with Crippen molar-refractivity contribution in [3.05, 3.63) is 11.8 Å². The van der Waals surface area contributed by atoms with Crippen LogP contribution in [0.5, 0.6) is 0 Å². The van der Waals surface area contributed by atoms with E-state index in [-0.39, 0.29) is 0 Å². The summed E-state index contributed by atoms with van der Waals surface area (Å²) in [5, 5.41) is 0. The van der Waals surface area contributed by atoms with Gasteiger partial charge in [0, 0.05) is 19.6 Å². The molecule has 2 heteroatoms. The molecule has 2 heterocycles. The maximum atomic E-state index is 2.67. The second-order valence-electron chi connectivity index (χ2n) is 7.37. The molecule has 0 aromatic rings. The minimum Gasteiger partial charge on any atom is -0.377 e. The topological polar surface area (TPSA) is 6.48 Å². The van der Waals surface area contributed by atoms with Gasteiger partial charge in [0.2, 0.25) is 0 Å². The number of hydrogen-bond acceptors (Lipinski definition) is 2. The zero-order chi connectivity index (χ0) is 14.4. The fraction of sp³-hybridized carbons (Fsp3) is 0.889. The second-order valence-corrected chi connectivity index (χ2v) is 7.37. The molecule has 0 aromatic carbocycles. The Morgan fingerprint density at radius 2 is 1.75 bits per heavy atom. The molecule has 2 fully saturated rings. The molecule has 2 atom stereocenters. The first kappa shape index (κ1) is 15.9. The summed E-state index contributed by atoms with van der Waals surface area (Å²) in [6.07, 6.45) is 10.7. The summed E-state index contributed by atoms with van der Waals surface area (Å²) in [6.45, 7) is 13.6. The molecule has 2 aliphatic rings. The lowest BCUT2D eigenvalue weighted by Crippen LogP contribution is -2.35. The predicted octanol–water partition coefficient (Wildman–Crippen LogP) is 4.13. The number of nitrogens with zero attached hydrogens (tertiary/aromatic N) is 2. The van der Waals surface area contributed by atoms with Gasteiger partial charge < -0.3 is 9.80 Å². The van der Waals surface area contributed by atoms with Gasteiger partial charge in [0.15, 0.2) is 0 Å². The highest BCUT2D eigenvalue weighted by molar-refractivity contribution is 4.98. The second kappa shape index (κ2) is 8.07. The van der Waals surface area contributed by atoms with Crippen LogP contribution in [0.2, 0.25) is 0 Å². The number of hydrogen-bond donors (Lipinski definition) is 0. The van der Waals surface area contributed by atoms with Gasteiger partial charge in [-0.05, 0) is 76.6 Å². The van der Waals surface area contributed by atoms with E-state index in [0.29, 0.717) is 0 Å². The Balaban J connectivity index is 1.65. The van der Waals surface area contributed by atoms with Gasteiger partial charge in [-0.3, -0.25) is 0 Å². The Hall–Kier alpha value is -0.500. The maximum absolute atomic E-state index is 2.67. The van der Waals surface area contributed by atoms with Crippen molar-refractivity contribution in [1.82, 2.24) is 9.80 Å². The lowest BCUT2D eigenvalue weighted by atomic mass is 9.99. The molecule has 0 bridgehead atoms. The molecule has 2 rings (SSSR count). The molecule has 0 aromatic heterocycles. The molecule has 0 amide bonds. The Labute approximate surface area is 126 Å². The average molecular weight is 278 g/mol. The van der Waals surface area contributed by atoms with Crippen molar-refractivity contribution in [1.29, 1.82) is 0 Å². The third-order valence-corrected chi connectivity index (χ3v) is 4.88. The molecular formula is C18H34N2. The standard InChI is InChI=1S/C18H34N2/c1-16-7-4-10-19(13-16)11-5-8-17(2)14-20-12-6-9-18(3)15-20/h14,16,18H,4-13,15H2,1-3H3. The average Bonchev–Trinajstić information content (AvgIpc) is 2.38. The lowest BCUT2D eigenvalue weighted by molar-refractivity contribution is 0.182. The summed E-state index contributed by atoms with van der Waals surface area (Å²) >= 11 is 0. The van der Waals surface area contributed by atoms with Crippen LogP contribution in [-0.2, 0) is 0 Å². The van der Waals surface area contributed by atoms with Crippen LogP contribution in [0.3, 0.4) is 0 Å². The molecule has 2 aliphatic heterocycles. The van der Waals surface area contributed by atoms with E-state index in [1.165, 1.54) is 71.2 Å². The summed E-state index contributed by atoms with van der Waals surface area (Å²) in [5.41, 5.74) is 1.57. The van der Waals surface area contributed by atoms with E-state index in [9.17, 15) is 0 Å². The van der Waals surface area contributed by atoms with Gasteiger partial charge in [0.25, 0.3) is 0 Å². The van der Waals surface area contributed by atoms with E-state index < -0.39 is 0 Å². The van der Waals surface area contributed by atoms with Crippen molar-refractivity contribution < 1.29 is 0 Å². The van der Waals surface area contributed by atoms with Crippen LogP contribution < -0.4 is 0 Å². The summed E-state index contributed by atoms with van der Waals surface area (Å²) in [5.74, 6) is 1.79. The van der Waals surface area contributed by atoms with Crippen LogP contribution in [0.25, 0.3) is 0 Å². The van der Waals surface area contributed by atoms with E-state index in [0.717, 1.165) is 11.8 Å². The van der Waals surface area contributed by atoms with Crippen molar-refractivity contribution in [2.45, 2.75) is 59.3 Å². The van der Waals surface area contributed by atoms with Crippen LogP contribution in [0.1, 0.15) is 59.3 Å². The Kier molecular flexibility index (Phi) is 6.41. The fourth-order valence-electron chi connectivity index (χ4n) is 3.79. The summed E-state index contributed by atoms with van der Waals surface area (Å²) in [4.78, 5) is 5.22. The monoisotopic (exact) mass is 278 g/mol. The van der Waals surface area contributed by atoms with Gasteiger partial charge in [-0.2, -0.15) is 0 Å². The molecular weight excluding hydrogens is 244 g/mol. The lowest BCUT2D eigenvalue weighted by Gasteiger charge is -2.31. The largest absolute Gasteiger partial charge is 0.377 e. The van der Waals surface area contributed by atoms with Crippen molar-refractivity contribution in [2.24, 2.45) is 11.8 Å². The molecule has 0 saturated carbocycles. The first-order chi connectivity index (χ1) is 9.63. The summed E-state index contributed by atoms with van der Waals surface area (Å²) in [6, 6.07) is 0. The molecule has 0 radical (unpaired) electrons. The van der Waals surface area contributed by atoms with Gasteiger partial charge in [0.1, 0.15) is 0 Å². The van der Waals surface area contributed by atoms with Crippen LogP contribution in [-0.4, -0.2) is 42.5 Å². The maximum Gasteiger partial charge on any atom is 0.0198 e. The van der Waals surface area contributed by atoms with Crippen LogP contribution in [0, 0.1) is 11.8 Å². The Bertz CT molecular complexity index is 311. The van der Waals surface area contributed by atoms with Crippen molar-refractivity contribution in [3.8, 4) is 0 Å². The van der Waals surface area contributed by atoms with Gasteiger partial charge in [-0.1, -0.05) is 19.4 Å². The van der Waals surface area contributed by atoms with Gasteiger partial charge >= 0.3 is 0 Å². The quantitative estimate of drug-likeness (QED) is 0.746. The predicted molar refractivity (Wildman–Crippen MR) is 87.8 cm³/mol. The smallest absolute Gasteiger partial charge is 0.0198 e. The summed E-state index contributed by atoms with van der Waals surface area (Å²) in [7, 11) is 0. The van der Waals surface area contributed by atoms with E-state index in [1.807, 2.05) is 0 Å². The van der Waals surface area contributed by atoms with Crippen LogP contribution >= 0.6 is 0 Å². The van der Waals surface area contributed by atoms with Crippen LogP contribution in [0.4, 0.5) is 0 Å². The first-order valence-corrected chi connectivity index (χ1v) is 8.77. The zero-order valence-electron chi connectivity index (χ0n) is 13.9. The Morgan fingerprint density at radius 1 is 1.05 bits per heavy atom. The molecule has 0 aliphatic carbocycles. The third kappa shape index (κ3) is 5.47. The minimum atomic E-state index is 0.877.